The summed E-state index contributed by atoms with van der Waals surface area (Å²) in [6, 6.07) is 2.04. The third-order valence-corrected chi connectivity index (χ3v) is 2.46. The molecule has 0 saturated heterocycles. The van der Waals surface area contributed by atoms with E-state index in [1.165, 1.54) is 0 Å². The highest BCUT2D eigenvalue weighted by molar-refractivity contribution is 5.35. The normalized spacial score (nSPS) is 11.9. The average Bonchev–Trinajstić information content (AvgIpc) is 2.16. The lowest BCUT2D eigenvalue weighted by molar-refractivity contribution is 0.389. The molecule has 0 fully saturated rings. The lowest BCUT2D eigenvalue weighted by atomic mass is 9.92. The van der Waals surface area contributed by atoms with Crippen molar-refractivity contribution >= 4 is 5.82 Å². The molecule has 0 unspecified atom stereocenters. The van der Waals surface area contributed by atoms with Gasteiger partial charge in [0.25, 0.3) is 0 Å². The van der Waals surface area contributed by atoms with Gasteiger partial charge in [-0.15, -0.1) is 0 Å². The van der Waals surface area contributed by atoms with Crippen LogP contribution in [0.2, 0.25) is 0 Å². The number of rotatable bonds is 4. The van der Waals surface area contributed by atoms with E-state index < -0.39 is 0 Å². The Kier molecular flexibility index (Phi) is 4.27. The summed E-state index contributed by atoms with van der Waals surface area (Å²) in [5, 5.41) is 3.35. The van der Waals surface area contributed by atoms with Gasteiger partial charge in [0.1, 0.15) is 12.1 Å². The van der Waals surface area contributed by atoms with Crippen LogP contribution in [-0.4, -0.2) is 16.5 Å². The lowest BCUT2D eigenvalue weighted by Crippen LogP contribution is -2.13. The SMILES string of the molecule is CC(C)c1cc(NCCC(C)(C)C)ncn1. The van der Waals surface area contributed by atoms with Crippen LogP contribution in [0.25, 0.3) is 0 Å². The van der Waals surface area contributed by atoms with E-state index in [4.69, 9.17) is 0 Å². The van der Waals surface area contributed by atoms with Crippen molar-refractivity contribution in [2.24, 2.45) is 5.41 Å². The fourth-order valence-corrected chi connectivity index (χ4v) is 1.35. The fourth-order valence-electron chi connectivity index (χ4n) is 1.35. The zero-order chi connectivity index (χ0) is 12.2. The minimum absolute atomic E-state index is 0.362. The van der Waals surface area contributed by atoms with Crippen LogP contribution in [0.1, 0.15) is 52.7 Å². The van der Waals surface area contributed by atoms with Gasteiger partial charge in [0.05, 0.1) is 0 Å². The van der Waals surface area contributed by atoms with E-state index >= 15 is 0 Å². The molecule has 0 aliphatic carbocycles. The summed E-state index contributed by atoms with van der Waals surface area (Å²) < 4.78 is 0. The molecule has 3 nitrogen and oxygen atoms in total. The molecule has 1 rings (SSSR count). The molecule has 0 radical (unpaired) electrons. The van der Waals surface area contributed by atoms with Crippen LogP contribution in [0, 0.1) is 5.41 Å². The topological polar surface area (TPSA) is 37.8 Å². The maximum atomic E-state index is 4.24. The predicted octanol–water partition coefficient (Wildman–Crippen LogP) is 3.45. The number of nitrogens with one attached hydrogen (secondary N) is 1. The molecule has 1 N–H and O–H groups in total. The van der Waals surface area contributed by atoms with Crippen molar-refractivity contribution < 1.29 is 0 Å². The maximum absolute atomic E-state index is 4.24. The summed E-state index contributed by atoms with van der Waals surface area (Å²) >= 11 is 0. The smallest absolute Gasteiger partial charge is 0.129 e. The number of anilines is 1. The van der Waals surface area contributed by atoms with Gasteiger partial charge in [0.2, 0.25) is 0 Å². The van der Waals surface area contributed by atoms with Crippen molar-refractivity contribution in [3.05, 3.63) is 18.1 Å². The standard InChI is InChI=1S/C13H23N3/c1-10(2)11-8-12(16-9-15-11)14-7-6-13(3,4)5/h8-10H,6-7H2,1-5H3,(H,14,15,16). The molecule has 0 bridgehead atoms. The molecule has 16 heavy (non-hydrogen) atoms. The Balaban J connectivity index is 2.51. The van der Waals surface area contributed by atoms with E-state index in [-0.39, 0.29) is 0 Å². The van der Waals surface area contributed by atoms with Crippen molar-refractivity contribution in [2.45, 2.75) is 47.0 Å². The molecule has 3 heteroatoms. The van der Waals surface area contributed by atoms with Crippen molar-refractivity contribution in [3.8, 4) is 0 Å². The van der Waals surface area contributed by atoms with E-state index in [0.717, 1.165) is 24.5 Å². The van der Waals surface area contributed by atoms with E-state index in [2.05, 4.69) is 49.9 Å². The van der Waals surface area contributed by atoms with Crippen molar-refractivity contribution in [1.29, 1.82) is 0 Å². The molecule has 0 aliphatic rings. The second kappa shape index (κ2) is 5.28. The minimum Gasteiger partial charge on any atom is -0.370 e. The van der Waals surface area contributed by atoms with Crippen LogP contribution in [0.5, 0.6) is 0 Å². The van der Waals surface area contributed by atoms with E-state index in [0.29, 0.717) is 11.3 Å². The third kappa shape index (κ3) is 4.60. The van der Waals surface area contributed by atoms with Crippen LogP contribution in [0.15, 0.2) is 12.4 Å². The highest BCUT2D eigenvalue weighted by Crippen LogP contribution is 2.19. The summed E-state index contributed by atoms with van der Waals surface area (Å²) in [5.41, 5.74) is 1.45. The largest absolute Gasteiger partial charge is 0.370 e. The lowest BCUT2D eigenvalue weighted by Gasteiger charge is -2.18. The molecule has 90 valence electrons. The van der Waals surface area contributed by atoms with E-state index in [1.54, 1.807) is 6.33 Å². The van der Waals surface area contributed by atoms with Crippen LogP contribution in [0.4, 0.5) is 5.82 Å². The molecule has 1 aromatic heterocycles. The molecular weight excluding hydrogens is 198 g/mol. The number of hydrogen-bond donors (Lipinski definition) is 1. The van der Waals surface area contributed by atoms with Gasteiger partial charge in [-0.3, -0.25) is 0 Å². The van der Waals surface area contributed by atoms with Crippen molar-refractivity contribution in [1.82, 2.24) is 9.97 Å². The van der Waals surface area contributed by atoms with Crippen molar-refractivity contribution in [3.63, 3.8) is 0 Å². The first kappa shape index (κ1) is 12.9. The van der Waals surface area contributed by atoms with Crippen LogP contribution in [0.3, 0.4) is 0 Å². The fraction of sp³-hybridized carbons (Fsp3) is 0.692. The molecule has 0 amide bonds. The Morgan fingerprint density at radius 2 is 1.94 bits per heavy atom. The summed E-state index contributed by atoms with van der Waals surface area (Å²) in [7, 11) is 0. The molecule has 1 heterocycles. The summed E-state index contributed by atoms with van der Waals surface area (Å²) in [4.78, 5) is 8.46. The van der Waals surface area contributed by atoms with Gasteiger partial charge in [-0.1, -0.05) is 34.6 Å². The summed E-state index contributed by atoms with van der Waals surface area (Å²) in [6.07, 6.45) is 2.77. The molecule has 0 atom stereocenters. The number of hydrogen-bond acceptors (Lipinski definition) is 3. The van der Waals surface area contributed by atoms with Gasteiger partial charge >= 0.3 is 0 Å². The number of nitrogens with zero attached hydrogens (tertiary/aromatic N) is 2. The van der Waals surface area contributed by atoms with E-state index in [1.807, 2.05) is 6.07 Å². The zero-order valence-electron chi connectivity index (χ0n) is 11.0. The Bertz CT molecular complexity index is 326. The molecule has 0 saturated carbocycles. The Hall–Kier alpha value is -1.12. The first-order valence-corrected chi connectivity index (χ1v) is 5.94. The van der Waals surface area contributed by atoms with Gasteiger partial charge in [0.15, 0.2) is 0 Å². The van der Waals surface area contributed by atoms with Crippen molar-refractivity contribution in [2.75, 3.05) is 11.9 Å². The number of aromatic nitrogens is 2. The van der Waals surface area contributed by atoms with Gasteiger partial charge in [-0.2, -0.15) is 0 Å². The first-order valence-electron chi connectivity index (χ1n) is 5.94. The maximum Gasteiger partial charge on any atom is 0.129 e. The van der Waals surface area contributed by atoms with Gasteiger partial charge < -0.3 is 5.32 Å². The molecular formula is C13H23N3. The second-order valence-electron chi connectivity index (χ2n) is 5.72. The highest BCUT2D eigenvalue weighted by atomic mass is 15.0. The van der Waals surface area contributed by atoms with E-state index in [9.17, 15) is 0 Å². The summed E-state index contributed by atoms with van der Waals surface area (Å²) in [5.74, 6) is 1.38. The monoisotopic (exact) mass is 221 g/mol. The third-order valence-electron chi connectivity index (χ3n) is 2.46. The average molecular weight is 221 g/mol. The molecule has 0 aliphatic heterocycles. The van der Waals surface area contributed by atoms with Crippen LogP contribution >= 0.6 is 0 Å². The molecule has 1 aromatic rings. The Labute approximate surface area is 98.7 Å². The Morgan fingerprint density at radius 3 is 2.50 bits per heavy atom. The van der Waals surface area contributed by atoms with Gasteiger partial charge in [0, 0.05) is 18.3 Å². The molecule has 0 aromatic carbocycles. The van der Waals surface area contributed by atoms with Crippen LogP contribution in [-0.2, 0) is 0 Å². The summed E-state index contributed by atoms with van der Waals surface area (Å²) in [6.45, 7) is 12.0. The van der Waals surface area contributed by atoms with Crippen LogP contribution < -0.4 is 5.32 Å². The molecule has 0 spiro atoms. The first-order chi connectivity index (χ1) is 7.38. The van der Waals surface area contributed by atoms with Gasteiger partial charge in [-0.05, 0) is 17.8 Å². The second-order valence-corrected chi connectivity index (χ2v) is 5.72. The zero-order valence-corrected chi connectivity index (χ0v) is 11.0. The predicted molar refractivity (Wildman–Crippen MR) is 68.7 cm³/mol. The quantitative estimate of drug-likeness (QED) is 0.846. The highest BCUT2D eigenvalue weighted by Gasteiger charge is 2.09. The van der Waals surface area contributed by atoms with Gasteiger partial charge in [-0.25, -0.2) is 9.97 Å². The Morgan fingerprint density at radius 1 is 1.25 bits per heavy atom. The minimum atomic E-state index is 0.362.